The first-order valence-electron chi connectivity index (χ1n) is 4.77. The smallest absolute Gasteiger partial charge is 0.142 e. The zero-order chi connectivity index (χ0) is 11.3. The van der Waals surface area contributed by atoms with Crippen molar-refractivity contribution in [3.63, 3.8) is 0 Å². The van der Waals surface area contributed by atoms with Gasteiger partial charge in [0.2, 0.25) is 0 Å². The molecule has 1 aromatic rings. The summed E-state index contributed by atoms with van der Waals surface area (Å²) in [6.07, 6.45) is 0.628. The van der Waals surface area contributed by atoms with Crippen molar-refractivity contribution >= 4 is 11.6 Å². The summed E-state index contributed by atoms with van der Waals surface area (Å²) in [7, 11) is 1.61. The fourth-order valence-electron chi connectivity index (χ4n) is 1.31. The number of aliphatic hydroxyl groups is 1. The van der Waals surface area contributed by atoms with Gasteiger partial charge in [-0.05, 0) is 30.5 Å². The van der Waals surface area contributed by atoms with Gasteiger partial charge in [-0.1, -0.05) is 17.7 Å². The monoisotopic (exact) mass is 232 g/mol. The minimum atomic E-state index is -0.660. The lowest BCUT2D eigenvalue weighted by Gasteiger charge is -2.10. The standard InChI is InChI=1S/C11H14ClFO2/c1-15-6-2-3-11(14)8-4-5-9(12)10(13)7-8/h4-5,7,11,14H,2-3,6H2,1H3. The third-order valence-corrected chi connectivity index (χ3v) is 2.46. The summed E-state index contributed by atoms with van der Waals surface area (Å²) in [6.45, 7) is 0.590. The Morgan fingerprint density at radius 1 is 1.53 bits per heavy atom. The Labute approximate surface area is 93.6 Å². The third-order valence-electron chi connectivity index (χ3n) is 2.15. The van der Waals surface area contributed by atoms with E-state index in [1.807, 2.05) is 0 Å². The Morgan fingerprint density at radius 2 is 2.27 bits per heavy atom. The molecule has 1 N–H and O–H groups in total. The fraction of sp³-hybridized carbons (Fsp3) is 0.455. The van der Waals surface area contributed by atoms with Crippen molar-refractivity contribution in [1.29, 1.82) is 0 Å². The van der Waals surface area contributed by atoms with E-state index < -0.39 is 11.9 Å². The van der Waals surface area contributed by atoms with Gasteiger partial charge < -0.3 is 9.84 Å². The first kappa shape index (κ1) is 12.4. The third kappa shape index (κ3) is 3.78. The predicted molar refractivity (Wildman–Crippen MR) is 57.5 cm³/mol. The summed E-state index contributed by atoms with van der Waals surface area (Å²) in [5.41, 5.74) is 0.549. The maximum Gasteiger partial charge on any atom is 0.142 e. The Balaban J connectivity index is 2.57. The maximum atomic E-state index is 13.1. The molecule has 4 heteroatoms. The molecule has 0 spiro atoms. The number of aliphatic hydroxyl groups excluding tert-OH is 1. The topological polar surface area (TPSA) is 29.5 Å². The zero-order valence-electron chi connectivity index (χ0n) is 8.54. The van der Waals surface area contributed by atoms with Gasteiger partial charge in [0.05, 0.1) is 11.1 Å². The van der Waals surface area contributed by atoms with Crippen LogP contribution in [-0.4, -0.2) is 18.8 Å². The molecule has 1 aromatic carbocycles. The van der Waals surface area contributed by atoms with Crippen LogP contribution in [0.1, 0.15) is 24.5 Å². The molecule has 0 bridgehead atoms. The van der Waals surface area contributed by atoms with Crippen LogP contribution in [-0.2, 0) is 4.74 Å². The van der Waals surface area contributed by atoms with E-state index in [-0.39, 0.29) is 5.02 Å². The molecule has 0 saturated heterocycles. The Kier molecular flexibility index (Phi) is 5.02. The highest BCUT2D eigenvalue weighted by Gasteiger charge is 2.09. The van der Waals surface area contributed by atoms with Crippen LogP contribution in [0.25, 0.3) is 0 Å². The summed E-state index contributed by atoms with van der Waals surface area (Å²) in [5, 5.41) is 9.77. The molecule has 1 unspecified atom stereocenters. The van der Waals surface area contributed by atoms with Crippen molar-refractivity contribution in [2.75, 3.05) is 13.7 Å². The van der Waals surface area contributed by atoms with Crippen molar-refractivity contribution in [3.8, 4) is 0 Å². The van der Waals surface area contributed by atoms with E-state index in [1.165, 1.54) is 12.1 Å². The van der Waals surface area contributed by atoms with Crippen LogP contribution in [0.5, 0.6) is 0 Å². The van der Waals surface area contributed by atoms with Crippen LogP contribution in [0, 0.1) is 5.82 Å². The first-order chi connectivity index (χ1) is 7.15. The second-order valence-electron chi connectivity index (χ2n) is 3.32. The number of hydrogen-bond donors (Lipinski definition) is 1. The van der Waals surface area contributed by atoms with E-state index in [9.17, 15) is 9.50 Å². The maximum absolute atomic E-state index is 13.1. The Bertz CT molecular complexity index is 317. The molecule has 84 valence electrons. The number of rotatable bonds is 5. The van der Waals surface area contributed by atoms with Gasteiger partial charge in [-0.25, -0.2) is 4.39 Å². The van der Waals surface area contributed by atoms with Gasteiger partial charge >= 0.3 is 0 Å². The van der Waals surface area contributed by atoms with Crippen LogP contribution < -0.4 is 0 Å². The lowest BCUT2D eigenvalue weighted by Crippen LogP contribution is -2.00. The van der Waals surface area contributed by atoms with E-state index in [0.717, 1.165) is 6.42 Å². The number of halogens is 2. The van der Waals surface area contributed by atoms with Crippen molar-refractivity contribution in [1.82, 2.24) is 0 Å². The highest BCUT2D eigenvalue weighted by Crippen LogP contribution is 2.22. The largest absolute Gasteiger partial charge is 0.388 e. The summed E-state index contributed by atoms with van der Waals surface area (Å²) < 4.78 is 17.9. The van der Waals surface area contributed by atoms with Crippen LogP contribution in [0.3, 0.4) is 0 Å². The van der Waals surface area contributed by atoms with Crippen LogP contribution in [0.4, 0.5) is 4.39 Å². The van der Waals surface area contributed by atoms with Gasteiger partial charge in [0, 0.05) is 13.7 Å². The number of ether oxygens (including phenoxy) is 1. The normalized spacial score (nSPS) is 12.8. The van der Waals surface area contributed by atoms with Gasteiger partial charge in [0.1, 0.15) is 5.82 Å². The van der Waals surface area contributed by atoms with Gasteiger partial charge in [-0.3, -0.25) is 0 Å². The molecule has 0 radical (unpaired) electrons. The van der Waals surface area contributed by atoms with E-state index in [2.05, 4.69) is 0 Å². The second-order valence-corrected chi connectivity index (χ2v) is 3.73. The summed E-state index contributed by atoms with van der Waals surface area (Å²) >= 11 is 5.54. The SMILES string of the molecule is COCCCC(O)c1ccc(Cl)c(F)c1. The molecule has 1 rings (SSSR count). The van der Waals surface area contributed by atoms with Crippen LogP contribution in [0.2, 0.25) is 5.02 Å². The van der Waals surface area contributed by atoms with Gasteiger partial charge in [0.25, 0.3) is 0 Å². The highest BCUT2D eigenvalue weighted by molar-refractivity contribution is 6.30. The molecule has 0 saturated carbocycles. The quantitative estimate of drug-likeness (QED) is 0.791. The molecule has 2 nitrogen and oxygen atoms in total. The lowest BCUT2D eigenvalue weighted by molar-refractivity contribution is 0.136. The average molecular weight is 233 g/mol. The van der Waals surface area contributed by atoms with Crippen molar-refractivity contribution in [2.45, 2.75) is 18.9 Å². The average Bonchev–Trinajstić information content (AvgIpc) is 2.22. The summed E-state index contributed by atoms with van der Waals surface area (Å²) in [6, 6.07) is 4.34. The number of benzene rings is 1. The van der Waals surface area contributed by atoms with E-state index in [0.29, 0.717) is 18.6 Å². The van der Waals surface area contributed by atoms with Crippen LogP contribution >= 0.6 is 11.6 Å². The van der Waals surface area contributed by atoms with Crippen LogP contribution in [0.15, 0.2) is 18.2 Å². The number of hydrogen-bond acceptors (Lipinski definition) is 2. The molecule has 0 amide bonds. The highest BCUT2D eigenvalue weighted by atomic mass is 35.5. The van der Waals surface area contributed by atoms with E-state index in [4.69, 9.17) is 16.3 Å². The molecule has 0 fully saturated rings. The predicted octanol–water partition coefficient (Wildman–Crippen LogP) is 2.94. The van der Waals surface area contributed by atoms with E-state index in [1.54, 1.807) is 13.2 Å². The molecular weight excluding hydrogens is 219 g/mol. The minimum Gasteiger partial charge on any atom is -0.388 e. The van der Waals surface area contributed by atoms with E-state index >= 15 is 0 Å². The lowest BCUT2D eigenvalue weighted by atomic mass is 10.1. The Morgan fingerprint density at radius 3 is 2.87 bits per heavy atom. The molecule has 0 heterocycles. The van der Waals surface area contributed by atoms with Crippen molar-refractivity contribution < 1.29 is 14.2 Å². The summed E-state index contributed by atoms with van der Waals surface area (Å²) in [5.74, 6) is -0.500. The fourth-order valence-corrected chi connectivity index (χ4v) is 1.42. The Hall–Kier alpha value is -0.640. The van der Waals surface area contributed by atoms with Crippen molar-refractivity contribution in [2.24, 2.45) is 0 Å². The molecule has 0 aliphatic rings. The second kappa shape index (κ2) is 6.05. The van der Waals surface area contributed by atoms with Gasteiger partial charge in [-0.15, -0.1) is 0 Å². The van der Waals surface area contributed by atoms with Gasteiger partial charge in [0.15, 0.2) is 0 Å². The van der Waals surface area contributed by atoms with Crippen molar-refractivity contribution in [3.05, 3.63) is 34.6 Å². The number of methoxy groups -OCH3 is 1. The molecule has 0 aromatic heterocycles. The summed E-state index contributed by atoms with van der Waals surface area (Å²) in [4.78, 5) is 0. The molecule has 15 heavy (non-hydrogen) atoms. The first-order valence-corrected chi connectivity index (χ1v) is 5.15. The van der Waals surface area contributed by atoms with Gasteiger partial charge in [-0.2, -0.15) is 0 Å². The zero-order valence-corrected chi connectivity index (χ0v) is 9.30. The molecule has 0 aliphatic heterocycles. The molecular formula is C11H14ClFO2. The molecule has 0 aliphatic carbocycles. The molecule has 1 atom stereocenters. The minimum absolute atomic E-state index is 0.0721.